The summed E-state index contributed by atoms with van der Waals surface area (Å²) in [4.78, 5) is 5.69. The minimum absolute atomic E-state index is 0.503. The molecule has 2 aliphatic rings. The molecule has 114 valence electrons. The Bertz CT molecular complexity index is 543. The van der Waals surface area contributed by atoms with E-state index in [0.717, 1.165) is 18.7 Å². The number of thiocarbonyl (C=S) groups is 1. The molecule has 0 aromatic heterocycles. The third-order valence-electron chi connectivity index (χ3n) is 4.92. The molecule has 1 aromatic rings. The van der Waals surface area contributed by atoms with Crippen molar-refractivity contribution in [3.8, 4) is 0 Å². The molecule has 0 saturated carbocycles. The van der Waals surface area contributed by atoms with Crippen LogP contribution in [0.25, 0.3) is 0 Å². The molecule has 2 aliphatic heterocycles. The van der Waals surface area contributed by atoms with E-state index < -0.39 is 0 Å². The second kappa shape index (κ2) is 5.93. The van der Waals surface area contributed by atoms with E-state index in [1.165, 1.54) is 37.1 Å². The van der Waals surface area contributed by atoms with Gasteiger partial charge in [0.1, 0.15) is 4.99 Å². The van der Waals surface area contributed by atoms with Crippen LogP contribution in [0.3, 0.4) is 0 Å². The molecule has 3 rings (SSSR count). The van der Waals surface area contributed by atoms with Crippen molar-refractivity contribution in [3.63, 3.8) is 0 Å². The van der Waals surface area contributed by atoms with E-state index in [9.17, 15) is 0 Å². The van der Waals surface area contributed by atoms with E-state index in [1.807, 2.05) is 0 Å². The van der Waals surface area contributed by atoms with Gasteiger partial charge < -0.3 is 10.6 Å². The first kappa shape index (κ1) is 14.8. The summed E-state index contributed by atoms with van der Waals surface area (Å²) in [6, 6.07) is 7.61. The number of piperidine rings is 1. The van der Waals surface area contributed by atoms with Gasteiger partial charge in [0.2, 0.25) is 0 Å². The number of anilines is 1. The van der Waals surface area contributed by atoms with Crippen LogP contribution in [0.5, 0.6) is 0 Å². The van der Waals surface area contributed by atoms with Crippen molar-refractivity contribution in [1.29, 1.82) is 0 Å². The summed E-state index contributed by atoms with van der Waals surface area (Å²) in [5.74, 6) is 0. The first-order valence-electron chi connectivity index (χ1n) is 7.97. The molecule has 2 atom stereocenters. The number of hydrogen-bond donors (Lipinski definition) is 1. The molecule has 2 unspecified atom stereocenters. The summed E-state index contributed by atoms with van der Waals surface area (Å²) in [5.41, 5.74) is 9.45. The zero-order valence-corrected chi connectivity index (χ0v) is 13.8. The smallest absolute Gasteiger partial charge is 0.106 e. The predicted molar refractivity (Wildman–Crippen MR) is 93.1 cm³/mol. The van der Waals surface area contributed by atoms with E-state index in [2.05, 4.69) is 41.8 Å². The van der Waals surface area contributed by atoms with Crippen LogP contribution in [0.1, 0.15) is 37.3 Å². The number of hydrogen-bond acceptors (Lipinski definition) is 3. The lowest BCUT2D eigenvalue weighted by Gasteiger charge is -2.49. The largest absolute Gasteiger partial charge is 0.389 e. The molecule has 0 aliphatic carbocycles. The Balaban J connectivity index is 1.92. The summed E-state index contributed by atoms with van der Waals surface area (Å²) in [7, 11) is 0. The Labute approximate surface area is 133 Å². The highest BCUT2D eigenvalue weighted by molar-refractivity contribution is 7.80. The third-order valence-corrected chi connectivity index (χ3v) is 5.14. The van der Waals surface area contributed by atoms with Crippen LogP contribution in [-0.4, -0.2) is 41.6 Å². The highest BCUT2D eigenvalue weighted by Gasteiger charge is 2.33. The number of nitrogens with zero attached hydrogens (tertiary/aromatic N) is 2. The summed E-state index contributed by atoms with van der Waals surface area (Å²) < 4.78 is 0. The molecular formula is C17H25N3S. The Kier molecular flexibility index (Phi) is 4.18. The fourth-order valence-electron chi connectivity index (χ4n) is 3.78. The van der Waals surface area contributed by atoms with E-state index in [4.69, 9.17) is 18.0 Å². The molecule has 2 fully saturated rings. The monoisotopic (exact) mass is 303 g/mol. The van der Waals surface area contributed by atoms with Gasteiger partial charge in [-0.1, -0.05) is 24.7 Å². The Morgan fingerprint density at radius 2 is 2.10 bits per heavy atom. The van der Waals surface area contributed by atoms with Gasteiger partial charge in [-0.15, -0.1) is 0 Å². The average molecular weight is 303 g/mol. The fraction of sp³-hybridized carbons (Fsp3) is 0.588. The lowest BCUT2D eigenvalue weighted by atomic mass is 9.95. The Morgan fingerprint density at radius 1 is 1.29 bits per heavy atom. The molecule has 3 nitrogen and oxygen atoms in total. The van der Waals surface area contributed by atoms with E-state index in [-0.39, 0.29) is 0 Å². The number of nitrogens with two attached hydrogens (primary N) is 1. The van der Waals surface area contributed by atoms with Crippen LogP contribution in [0, 0.1) is 6.92 Å². The van der Waals surface area contributed by atoms with E-state index in [0.29, 0.717) is 17.1 Å². The summed E-state index contributed by atoms with van der Waals surface area (Å²) >= 11 is 5.26. The lowest BCUT2D eigenvalue weighted by Crippen LogP contribution is -2.59. The third kappa shape index (κ3) is 2.92. The number of fused-ring (bicyclic) bond motifs is 1. The maximum absolute atomic E-state index is 5.94. The van der Waals surface area contributed by atoms with E-state index >= 15 is 0 Å². The van der Waals surface area contributed by atoms with Crippen molar-refractivity contribution in [1.82, 2.24) is 4.90 Å². The SMILES string of the molecule is Cc1ccc(C(N)=S)c(N2CC3CCCCN3CC2C)c1. The van der Waals surface area contributed by atoms with Crippen LogP contribution in [0.4, 0.5) is 5.69 Å². The molecule has 2 N–H and O–H groups in total. The maximum atomic E-state index is 5.94. The molecule has 1 aromatic carbocycles. The van der Waals surface area contributed by atoms with Crippen LogP contribution < -0.4 is 10.6 Å². The number of benzene rings is 1. The van der Waals surface area contributed by atoms with Crippen LogP contribution in [0.15, 0.2) is 18.2 Å². The average Bonchev–Trinajstić information content (AvgIpc) is 2.46. The molecule has 2 heterocycles. The fourth-order valence-corrected chi connectivity index (χ4v) is 3.95. The van der Waals surface area contributed by atoms with Crippen molar-refractivity contribution < 1.29 is 0 Å². The van der Waals surface area contributed by atoms with Gasteiger partial charge in [0, 0.05) is 36.4 Å². The van der Waals surface area contributed by atoms with Gasteiger partial charge in [0.15, 0.2) is 0 Å². The van der Waals surface area contributed by atoms with Gasteiger partial charge in [-0.25, -0.2) is 0 Å². The Hall–Kier alpha value is -1.13. The quantitative estimate of drug-likeness (QED) is 0.852. The summed E-state index contributed by atoms with van der Waals surface area (Å²) in [6.45, 7) is 7.96. The molecule has 2 saturated heterocycles. The normalized spacial score (nSPS) is 26.5. The molecular weight excluding hydrogens is 278 g/mol. The molecule has 0 radical (unpaired) electrons. The highest BCUT2D eigenvalue weighted by atomic mass is 32.1. The minimum atomic E-state index is 0.503. The standard InChI is InChI=1S/C17H25N3S/c1-12-6-7-15(17(18)21)16(9-12)20-11-14-5-3-4-8-19(14)10-13(20)2/h6-7,9,13-14H,3-5,8,10-11H2,1-2H3,(H2,18,21). The lowest BCUT2D eigenvalue weighted by molar-refractivity contribution is 0.115. The summed E-state index contributed by atoms with van der Waals surface area (Å²) in [5, 5.41) is 0. The Morgan fingerprint density at radius 3 is 2.86 bits per heavy atom. The van der Waals surface area contributed by atoms with Gasteiger partial charge in [0.05, 0.1) is 0 Å². The van der Waals surface area contributed by atoms with Gasteiger partial charge in [-0.3, -0.25) is 4.90 Å². The van der Waals surface area contributed by atoms with Crippen molar-refractivity contribution in [2.75, 3.05) is 24.5 Å². The molecule has 0 bridgehead atoms. The zero-order chi connectivity index (χ0) is 15.0. The second-order valence-corrected chi connectivity index (χ2v) is 6.97. The van der Waals surface area contributed by atoms with Gasteiger partial charge in [0.25, 0.3) is 0 Å². The first-order valence-corrected chi connectivity index (χ1v) is 8.38. The van der Waals surface area contributed by atoms with Gasteiger partial charge >= 0.3 is 0 Å². The number of rotatable bonds is 2. The number of aryl methyl sites for hydroxylation is 1. The summed E-state index contributed by atoms with van der Waals surface area (Å²) in [6.07, 6.45) is 4.03. The molecule has 0 spiro atoms. The predicted octanol–water partition coefficient (Wildman–Crippen LogP) is 2.69. The zero-order valence-electron chi connectivity index (χ0n) is 13.0. The van der Waals surface area contributed by atoms with Crippen molar-refractivity contribution in [2.45, 2.75) is 45.2 Å². The van der Waals surface area contributed by atoms with Gasteiger partial charge in [-0.2, -0.15) is 0 Å². The number of piperazine rings is 1. The highest BCUT2D eigenvalue weighted by Crippen LogP contribution is 2.31. The van der Waals surface area contributed by atoms with Crippen LogP contribution in [0.2, 0.25) is 0 Å². The minimum Gasteiger partial charge on any atom is -0.389 e. The molecule has 21 heavy (non-hydrogen) atoms. The molecule has 0 amide bonds. The maximum Gasteiger partial charge on any atom is 0.106 e. The second-order valence-electron chi connectivity index (χ2n) is 6.53. The van der Waals surface area contributed by atoms with Crippen molar-refractivity contribution in [2.24, 2.45) is 5.73 Å². The van der Waals surface area contributed by atoms with Crippen molar-refractivity contribution in [3.05, 3.63) is 29.3 Å². The van der Waals surface area contributed by atoms with Crippen molar-refractivity contribution >= 4 is 22.9 Å². The van der Waals surface area contributed by atoms with Crippen LogP contribution >= 0.6 is 12.2 Å². The van der Waals surface area contributed by atoms with Gasteiger partial charge in [-0.05, 0) is 50.9 Å². The first-order chi connectivity index (χ1) is 10.1. The topological polar surface area (TPSA) is 32.5 Å². The van der Waals surface area contributed by atoms with E-state index in [1.54, 1.807) is 0 Å². The van der Waals surface area contributed by atoms with Crippen LogP contribution in [-0.2, 0) is 0 Å². The molecule has 4 heteroatoms.